The Bertz CT molecular complexity index is 591. The summed E-state index contributed by atoms with van der Waals surface area (Å²) in [7, 11) is 0. The van der Waals surface area contributed by atoms with Crippen molar-refractivity contribution in [3.8, 4) is 0 Å². The van der Waals surface area contributed by atoms with E-state index in [0.717, 1.165) is 17.5 Å². The number of benzene rings is 2. The van der Waals surface area contributed by atoms with Gasteiger partial charge in [-0.15, -0.1) is 0 Å². The quantitative estimate of drug-likeness (QED) is 0.854. The zero-order valence-corrected chi connectivity index (χ0v) is 10.2. The van der Waals surface area contributed by atoms with Crippen molar-refractivity contribution in [1.29, 1.82) is 0 Å². The highest BCUT2D eigenvalue weighted by atomic mass is 19.1. The van der Waals surface area contributed by atoms with E-state index in [0.29, 0.717) is 0 Å². The molecule has 0 saturated carbocycles. The van der Waals surface area contributed by atoms with E-state index in [1.165, 1.54) is 23.3 Å². The highest BCUT2D eigenvalue weighted by molar-refractivity contribution is 5.43. The van der Waals surface area contributed by atoms with Gasteiger partial charge in [-0.05, 0) is 47.7 Å². The van der Waals surface area contributed by atoms with Gasteiger partial charge in [0.2, 0.25) is 0 Å². The van der Waals surface area contributed by atoms with Crippen molar-refractivity contribution in [3.05, 3.63) is 70.5 Å². The summed E-state index contributed by atoms with van der Waals surface area (Å²) in [5, 5.41) is 10.4. The van der Waals surface area contributed by atoms with E-state index in [-0.39, 0.29) is 11.7 Å². The van der Waals surface area contributed by atoms with Crippen LogP contribution >= 0.6 is 0 Å². The van der Waals surface area contributed by atoms with Gasteiger partial charge in [-0.25, -0.2) is 4.39 Å². The number of fused-ring (bicyclic) bond motifs is 1. The number of aliphatic hydroxyl groups excluding tert-OH is 1. The standard InChI is InChI=1S/C16H15FO/c1-10-8-12(17)6-7-13(10)16(18)15-9-11-4-2-3-5-14(11)15/h2-8,15-16,18H,9H2,1H3. The Hall–Kier alpha value is -1.67. The maximum absolute atomic E-state index is 13.1. The molecule has 2 atom stereocenters. The van der Waals surface area contributed by atoms with E-state index in [4.69, 9.17) is 0 Å². The topological polar surface area (TPSA) is 20.2 Å². The van der Waals surface area contributed by atoms with Crippen LogP contribution < -0.4 is 0 Å². The molecule has 1 aliphatic rings. The summed E-state index contributed by atoms with van der Waals surface area (Å²) in [5.74, 6) is -0.108. The second-order valence-electron chi connectivity index (χ2n) is 4.96. The average molecular weight is 242 g/mol. The first-order valence-electron chi connectivity index (χ1n) is 6.19. The summed E-state index contributed by atoms with van der Waals surface area (Å²) in [6.45, 7) is 1.84. The molecule has 1 nitrogen and oxygen atoms in total. The summed E-state index contributed by atoms with van der Waals surface area (Å²) in [5.41, 5.74) is 4.16. The monoisotopic (exact) mass is 242 g/mol. The lowest BCUT2D eigenvalue weighted by Crippen LogP contribution is -2.24. The summed E-state index contributed by atoms with van der Waals surface area (Å²) in [4.78, 5) is 0. The smallest absolute Gasteiger partial charge is 0.123 e. The maximum atomic E-state index is 13.1. The van der Waals surface area contributed by atoms with Gasteiger partial charge >= 0.3 is 0 Å². The van der Waals surface area contributed by atoms with Crippen LogP contribution in [0.3, 0.4) is 0 Å². The molecule has 0 spiro atoms. The lowest BCUT2D eigenvalue weighted by atomic mass is 9.72. The third-order valence-corrected chi connectivity index (χ3v) is 3.83. The highest BCUT2D eigenvalue weighted by Gasteiger charge is 2.33. The largest absolute Gasteiger partial charge is 0.388 e. The molecule has 0 fully saturated rings. The molecule has 1 aliphatic carbocycles. The minimum Gasteiger partial charge on any atom is -0.388 e. The summed E-state index contributed by atoms with van der Waals surface area (Å²) >= 11 is 0. The maximum Gasteiger partial charge on any atom is 0.123 e. The van der Waals surface area contributed by atoms with Crippen LogP contribution in [0.4, 0.5) is 4.39 Å². The molecule has 2 aromatic rings. The Morgan fingerprint density at radius 3 is 2.72 bits per heavy atom. The SMILES string of the molecule is Cc1cc(F)ccc1C(O)C1Cc2ccccc21. The van der Waals surface area contributed by atoms with E-state index in [1.807, 2.05) is 19.1 Å². The van der Waals surface area contributed by atoms with Gasteiger partial charge in [0.25, 0.3) is 0 Å². The van der Waals surface area contributed by atoms with E-state index in [9.17, 15) is 9.50 Å². The van der Waals surface area contributed by atoms with Crippen molar-refractivity contribution in [2.45, 2.75) is 25.4 Å². The molecule has 2 aromatic carbocycles. The molecule has 0 saturated heterocycles. The molecule has 18 heavy (non-hydrogen) atoms. The normalized spacial score (nSPS) is 18.9. The van der Waals surface area contributed by atoms with Crippen LogP contribution in [0.15, 0.2) is 42.5 Å². The summed E-state index contributed by atoms with van der Waals surface area (Å²) in [6.07, 6.45) is 0.356. The fourth-order valence-electron chi connectivity index (χ4n) is 2.77. The predicted molar refractivity (Wildman–Crippen MR) is 69.0 cm³/mol. The molecule has 2 unspecified atom stereocenters. The summed E-state index contributed by atoms with van der Waals surface area (Å²) in [6, 6.07) is 12.7. The number of aliphatic hydroxyl groups is 1. The number of halogens is 1. The Labute approximate surface area is 106 Å². The third kappa shape index (κ3) is 1.73. The highest BCUT2D eigenvalue weighted by Crippen LogP contribution is 2.43. The Morgan fingerprint density at radius 2 is 2.00 bits per heavy atom. The average Bonchev–Trinajstić information content (AvgIpc) is 2.30. The van der Waals surface area contributed by atoms with Crippen LogP contribution in [0.2, 0.25) is 0 Å². The van der Waals surface area contributed by atoms with Crippen LogP contribution in [0, 0.1) is 12.7 Å². The molecule has 0 aliphatic heterocycles. The van der Waals surface area contributed by atoms with Crippen molar-refractivity contribution < 1.29 is 9.50 Å². The second-order valence-corrected chi connectivity index (χ2v) is 4.96. The summed E-state index contributed by atoms with van der Waals surface area (Å²) < 4.78 is 13.1. The van der Waals surface area contributed by atoms with E-state index < -0.39 is 6.10 Å². The Morgan fingerprint density at radius 1 is 1.22 bits per heavy atom. The number of hydrogen-bond donors (Lipinski definition) is 1. The van der Waals surface area contributed by atoms with Gasteiger partial charge in [0.1, 0.15) is 5.82 Å². The minimum absolute atomic E-state index is 0.144. The van der Waals surface area contributed by atoms with Gasteiger partial charge in [-0.2, -0.15) is 0 Å². The van der Waals surface area contributed by atoms with Gasteiger partial charge < -0.3 is 5.11 Å². The van der Waals surface area contributed by atoms with E-state index in [1.54, 1.807) is 6.07 Å². The second kappa shape index (κ2) is 4.21. The lowest BCUT2D eigenvalue weighted by molar-refractivity contribution is 0.134. The van der Waals surface area contributed by atoms with Gasteiger partial charge in [0, 0.05) is 5.92 Å². The van der Waals surface area contributed by atoms with Gasteiger partial charge in [0.05, 0.1) is 6.10 Å². The number of aryl methyl sites for hydroxylation is 1. The Balaban J connectivity index is 1.91. The number of hydrogen-bond acceptors (Lipinski definition) is 1. The van der Waals surface area contributed by atoms with Crippen LogP contribution in [0.25, 0.3) is 0 Å². The molecule has 92 valence electrons. The molecule has 1 N–H and O–H groups in total. The molecule has 0 radical (unpaired) electrons. The number of rotatable bonds is 2. The fourth-order valence-corrected chi connectivity index (χ4v) is 2.77. The fraction of sp³-hybridized carbons (Fsp3) is 0.250. The van der Waals surface area contributed by atoms with Crippen LogP contribution in [0.1, 0.15) is 34.3 Å². The first-order chi connectivity index (χ1) is 8.66. The zero-order chi connectivity index (χ0) is 12.7. The van der Waals surface area contributed by atoms with Crippen molar-refractivity contribution in [1.82, 2.24) is 0 Å². The van der Waals surface area contributed by atoms with Crippen molar-refractivity contribution in [3.63, 3.8) is 0 Å². The molecular formula is C16H15FO. The molecule has 2 heteroatoms. The van der Waals surface area contributed by atoms with Gasteiger partial charge in [-0.3, -0.25) is 0 Å². The van der Waals surface area contributed by atoms with Crippen LogP contribution in [-0.4, -0.2) is 5.11 Å². The zero-order valence-electron chi connectivity index (χ0n) is 10.2. The molecule has 0 bridgehead atoms. The minimum atomic E-state index is -0.541. The van der Waals surface area contributed by atoms with Crippen molar-refractivity contribution >= 4 is 0 Å². The lowest BCUT2D eigenvalue weighted by Gasteiger charge is -2.34. The molecule has 0 heterocycles. The molecule has 0 amide bonds. The molecular weight excluding hydrogens is 227 g/mol. The third-order valence-electron chi connectivity index (χ3n) is 3.83. The van der Waals surface area contributed by atoms with Gasteiger partial charge in [-0.1, -0.05) is 30.3 Å². The first kappa shape index (κ1) is 11.4. The van der Waals surface area contributed by atoms with Crippen LogP contribution in [0.5, 0.6) is 0 Å². The van der Waals surface area contributed by atoms with E-state index in [2.05, 4.69) is 12.1 Å². The van der Waals surface area contributed by atoms with E-state index >= 15 is 0 Å². The van der Waals surface area contributed by atoms with Crippen molar-refractivity contribution in [2.24, 2.45) is 0 Å². The molecule has 0 aromatic heterocycles. The first-order valence-corrected chi connectivity index (χ1v) is 6.19. The van der Waals surface area contributed by atoms with Crippen molar-refractivity contribution in [2.75, 3.05) is 0 Å². The predicted octanol–water partition coefficient (Wildman–Crippen LogP) is 3.51. The molecule has 3 rings (SSSR count). The Kier molecular flexibility index (Phi) is 2.67. The van der Waals surface area contributed by atoms with Gasteiger partial charge in [0.15, 0.2) is 0 Å². The van der Waals surface area contributed by atoms with Crippen LogP contribution in [-0.2, 0) is 6.42 Å².